The van der Waals surface area contributed by atoms with E-state index in [1.165, 1.54) is 12.1 Å². The second kappa shape index (κ2) is 6.13. The molecule has 21 heavy (non-hydrogen) atoms. The molecule has 112 valence electrons. The lowest BCUT2D eigenvalue weighted by Gasteiger charge is -2.14. The molecule has 0 radical (unpaired) electrons. The van der Waals surface area contributed by atoms with Crippen molar-refractivity contribution in [2.75, 3.05) is 0 Å². The molecule has 0 aliphatic carbocycles. The van der Waals surface area contributed by atoms with Crippen molar-refractivity contribution in [3.63, 3.8) is 0 Å². The predicted molar refractivity (Wildman–Crippen MR) is 72.7 cm³/mol. The highest BCUT2D eigenvalue weighted by atomic mass is 19.4. The lowest BCUT2D eigenvalue weighted by molar-refractivity contribution is -0.274. The largest absolute Gasteiger partial charge is 0.573 e. The number of pyridine rings is 1. The van der Waals surface area contributed by atoms with E-state index < -0.39 is 6.36 Å². The van der Waals surface area contributed by atoms with E-state index in [1.807, 2.05) is 19.1 Å². The van der Waals surface area contributed by atoms with Gasteiger partial charge in [0.15, 0.2) is 0 Å². The van der Waals surface area contributed by atoms with Gasteiger partial charge in [0.05, 0.1) is 11.7 Å². The van der Waals surface area contributed by atoms with Gasteiger partial charge in [-0.25, -0.2) is 0 Å². The van der Waals surface area contributed by atoms with Crippen molar-refractivity contribution in [1.29, 1.82) is 0 Å². The van der Waals surface area contributed by atoms with E-state index in [9.17, 15) is 13.2 Å². The van der Waals surface area contributed by atoms with Gasteiger partial charge in [-0.05, 0) is 42.7 Å². The zero-order valence-electron chi connectivity index (χ0n) is 11.4. The molecule has 0 amide bonds. The van der Waals surface area contributed by atoms with Crippen LogP contribution in [0, 0.1) is 6.92 Å². The summed E-state index contributed by atoms with van der Waals surface area (Å²) < 4.78 is 40.0. The summed E-state index contributed by atoms with van der Waals surface area (Å²) in [5.74, 6) is -0.242. The molecule has 1 aromatic heterocycles. The highest BCUT2D eigenvalue weighted by Gasteiger charge is 2.30. The highest BCUT2D eigenvalue weighted by Crippen LogP contribution is 2.24. The van der Waals surface area contributed by atoms with Gasteiger partial charge in [-0.3, -0.25) is 4.98 Å². The zero-order valence-corrected chi connectivity index (χ0v) is 11.4. The number of rotatable bonds is 4. The van der Waals surface area contributed by atoms with Gasteiger partial charge in [0.25, 0.3) is 0 Å². The van der Waals surface area contributed by atoms with Crippen molar-refractivity contribution in [2.45, 2.75) is 25.7 Å². The summed E-state index contributed by atoms with van der Waals surface area (Å²) in [6.45, 7) is 1.92. The summed E-state index contributed by atoms with van der Waals surface area (Å²) in [6.07, 6.45) is -2.52. The first kappa shape index (κ1) is 15.3. The maximum Gasteiger partial charge on any atom is 0.573 e. The van der Waals surface area contributed by atoms with Crippen LogP contribution in [0.2, 0.25) is 0 Å². The van der Waals surface area contributed by atoms with Crippen molar-refractivity contribution in [3.8, 4) is 5.75 Å². The molecule has 0 aliphatic rings. The molecule has 1 heterocycles. The molecule has 6 heteroatoms. The van der Waals surface area contributed by atoms with Gasteiger partial charge in [-0.2, -0.15) is 0 Å². The number of nitrogens with two attached hydrogens (primary N) is 1. The minimum absolute atomic E-state index is 0.242. The van der Waals surface area contributed by atoms with Crippen LogP contribution in [0.25, 0.3) is 0 Å². The van der Waals surface area contributed by atoms with Crippen LogP contribution in [0.5, 0.6) is 5.75 Å². The number of aromatic nitrogens is 1. The topological polar surface area (TPSA) is 48.1 Å². The number of alkyl halides is 3. The Labute approximate surface area is 120 Å². The molecule has 2 N–H and O–H groups in total. The normalized spacial score (nSPS) is 13.0. The number of hydrogen-bond donors (Lipinski definition) is 1. The van der Waals surface area contributed by atoms with Crippen LogP contribution in [-0.4, -0.2) is 11.3 Å². The summed E-state index contributed by atoms with van der Waals surface area (Å²) >= 11 is 0. The van der Waals surface area contributed by atoms with Crippen molar-refractivity contribution < 1.29 is 17.9 Å². The monoisotopic (exact) mass is 296 g/mol. The highest BCUT2D eigenvalue weighted by molar-refractivity contribution is 5.29. The molecule has 1 aromatic carbocycles. The number of nitrogens with zero attached hydrogens (tertiary/aromatic N) is 1. The molecule has 0 bridgehead atoms. The van der Waals surface area contributed by atoms with Gasteiger partial charge in [-0.1, -0.05) is 18.2 Å². The smallest absolute Gasteiger partial charge is 0.406 e. The molecular formula is C15H15F3N2O. The van der Waals surface area contributed by atoms with Crippen LogP contribution < -0.4 is 10.5 Å². The molecular weight excluding hydrogens is 281 g/mol. The Hall–Kier alpha value is -2.08. The molecule has 1 atom stereocenters. The van der Waals surface area contributed by atoms with Crippen molar-refractivity contribution in [3.05, 3.63) is 59.4 Å². The molecule has 2 rings (SSSR count). The summed E-state index contributed by atoms with van der Waals surface area (Å²) in [7, 11) is 0. The molecule has 0 saturated carbocycles. The summed E-state index contributed by atoms with van der Waals surface area (Å²) in [4.78, 5) is 4.24. The number of benzene rings is 1. The quantitative estimate of drug-likeness (QED) is 0.939. The van der Waals surface area contributed by atoms with Crippen LogP contribution in [0.15, 0.2) is 42.6 Å². The Morgan fingerprint density at radius 1 is 1.19 bits per heavy atom. The Morgan fingerprint density at radius 2 is 1.86 bits per heavy atom. The fraction of sp³-hybridized carbons (Fsp3) is 0.267. The molecule has 0 fully saturated rings. The van der Waals surface area contributed by atoms with E-state index in [-0.39, 0.29) is 11.8 Å². The molecule has 0 spiro atoms. The minimum Gasteiger partial charge on any atom is -0.406 e. The van der Waals surface area contributed by atoms with Gasteiger partial charge < -0.3 is 10.5 Å². The number of ether oxygens (including phenoxy) is 1. The van der Waals surface area contributed by atoms with Gasteiger partial charge in [0.2, 0.25) is 0 Å². The first-order valence-corrected chi connectivity index (χ1v) is 6.37. The third kappa shape index (κ3) is 4.46. The average molecular weight is 296 g/mol. The Kier molecular flexibility index (Phi) is 4.47. The van der Waals surface area contributed by atoms with E-state index in [0.717, 1.165) is 16.8 Å². The van der Waals surface area contributed by atoms with E-state index >= 15 is 0 Å². The second-order valence-electron chi connectivity index (χ2n) is 4.71. The number of aryl methyl sites for hydroxylation is 1. The number of halogens is 3. The van der Waals surface area contributed by atoms with Gasteiger partial charge in [-0.15, -0.1) is 13.2 Å². The molecule has 3 nitrogen and oxygen atoms in total. The Balaban J connectivity index is 2.05. The van der Waals surface area contributed by atoms with E-state index in [0.29, 0.717) is 6.42 Å². The Bertz CT molecular complexity index is 597. The van der Waals surface area contributed by atoms with Crippen molar-refractivity contribution in [2.24, 2.45) is 5.73 Å². The summed E-state index contributed by atoms with van der Waals surface area (Å²) in [6, 6.07) is 9.14. The maximum atomic E-state index is 12.1. The van der Waals surface area contributed by atoms with E-state index in [1.54, 1.807) is 18.3 Å². The number of hydrogen-bond acceptors (Lipinski definition) is 3. The standard InChI is InChI=1S/C15H15F3N2O/c1-10-3-2-8-20-14(10)13(19)9-11-4-6-12(7-5-11)21-15(16,17)18/h2-8,13H,9,19H2,1H3. The van der Waals surface area contributed by atoms with E-state index in [2.05, 4.69) is 9.72 Å². The third-order valence-corrected chi connectivity index (χ3v) is 3.01. The fourth-order valence-corrected chi connectivity index (χ4v) is 2.06. The van der Waals surface area contributed by atoms with E-state index in [4.69, 9.17) is 5.73 Å². The lowest BCUT2D eigenvalue weighted by atomic mass is 10.0. The SMILES string of the molecule is Cc1cccnc1C(N)Cc1ccc(OC(F)(F)F)cc1. The molecule has 0 aliphatic heterocycles. The zero-order chi connectivity index (χ0) is 15.5. The van der Waals surface area contributed by atoms with Crippen molar-refractivity contribution >= 4 is 0 Å². The van der Waals surface area contributed by atoms with Crippen molar-refractivity contribution in [1.82, 2.24) is 4.98 Å². The van der Waals surface area contributed by atoms with Crippen LogP contribution in [0.4, 0.5) is 13.2 Å². The van der Waals surface area contributed by atoms with Gasteiger partial charge >= 0.3 is 6.36 Å². The van der Waals surface area contributed by atoms with Gasteiger partial charge in [0.1, 0.15) is 5.75 Å². The maximum absolute atomic E-state index is 12.1. The van der Waals surface area contributed by atoms with Gasteiger partial charge in [0, 0.05) is 6.20 Å². The van der Waals surface area contributed by atoms with Crippen LogP contribution in [0.1, 0.15) is 22.9 Å². The summed E-state index contributed by atoms with van der Waals surface area (Å²) in [5.41, 5.74) is 8.69. The second-order valence-corrected chi connectivity index (χ2v) is 4.71. The minimum atomic E-state index is -4.68. The molecule has 0 saturated heterocycles. The first-order chi connectivity index (χ1) is 9.85. The van der Waals surface area contributed by atoms with Crippen LogP contribution >= 0.6 is 0 Å². The Morgan fingerprint density at radius 3 is 2.43 bits per heavy atom. The third-order valence-electron chi connectivity index (χ3n) is 3.01. The van der Waals surface area contributed by atoms with Crippen LogP contribution in [-0.2, 0) is 6.42 Å². The first-order valence-electron chi connectivity index (χ1n) is 6.37. The lowest BCUT2D eigenvalue weighted by Crippen LogP contribution is -2.17. The average Bonchev–Trinajstić information content (AvgIpc) is 2.40. The fourth-order valence-electron chi connectivity index (χ4n) is 2.06. The summed E-state index contributed by atoms with van der Waals surface area (Å²) in [5, 5.41) is 0. The molecule has 2 aromatic rings. The predicted octanol–water partition coefficient (Wildman–Crippen LogP) is 3.53. The molecule has 1 unspecified atom stereocenters. The van der Waals surface area contributed by atoms with Crippen LogP contribution in [0.3, 0.4) is 0 Å².